The first-order valence-corrected chi connectivity index (χ1v) is 4.11. The average molecular weight is 256 g/mol. The molecule has 0 aliphatic heterocycles. The number of alkyl halides is 2. The first-order chi connectivity index (χ1) is 4.10. The fourth-order valence-electron chi connectivity index (χ4n) is 0.571. The third-order valence-corrected chi connectivity index (χ3v) is 2.23. The summed E-state index contributed by atoms with van der Waals surface area (Å²) in [5, 5.41) is 0. The van der Waals surface area contributed by atoms with Crippen molar-refractivity contribution in [1.29, 1.82) is 0 Å². The molecule has 1 aliphatic carbocycles. The third kappa shape index (κ3) is 2.22. The molecule has 0 aromatic heterocycles. The van der Waals surface area contributed by atoms with Crippen molar-refractivity contribution >= 4 is 31.9 Å². The Hall–Kier alpha value is 0.370. The normalized spacial score (nSPS) is 34.3. The van der Waals surface area contributed by atoms with E-state index >= 15 is 0 Å². The smallest absolute Gasteiger partial charge is 0.187 e. The summed E-state index contributed by atoms with van der Waals surface area (Å²) in [6.07, 6.45) is 5.36. The molecular formula is C6H5Br2F. The summed E-state index contributed by atoms with van der Waals surface area (Å²) in [4.78, 5) is 0. The summed E-state index contributed by atoms with van der Waals surface area (Å²) in [5.41, 5.74) is 0. The lowest BCUT2D eigenvalue weighted by Gasteiger charge is -2.13. The quantitative estimate of drug-likeness (QED) is 0.583. The zero-order valence-corrected chi connectivity index (χ0v) is 7.75. The molecule has 1 unspecified atom stereocenters. The molecule has 0 aromatic rings. The highest BCUT2D eigenvalue weighted by Crippen LogP contribution is 2.32. The maximum absolute atomic E-state index is 12.8. The van der Waals surface area contributed by atoms with Gasteiger partial charge < -0.3 is 0 Å². The Morgan fingerprint density at radius 3 is 2.67 bits per heavy atom. The summed E-state index contributed by atoms with van der Waals surface area (Å²) in [6.45, 7) is 0. The highest BCUT2D eigenvalue weighted by Gasteiger charge is 2.22. The van der Waals surface area contributed by atoms with Gasteiger partial charge in [-0.1, -0.05) is 22.0 Å². The molecular weight excluding hydrogens is 251 g/mol. The number of hydrogen-bond acceptors (Lipinski definition) is 0. The lowest BCUT2D eigenvalue weighted by molar-refractivity contribution is 0.367. The average Bonchev–Trinajstić information content (AvgIpc) is 1.78. The molecule has 0 N–H and O–H groups in total. The van der Waals surface area contributed by atoms with Crippen molar-refractivity contribution in [2.75, 3.05) is 0 Å². The summed E-state index contributed by atoms with van der Waals surface area (Å²) >= 11 is 6.13. The van der Waals surface area contributed by atoms with E-state index in [-0.39, 0.29) is 0 Å². The van der Waals surface area contributed by atoms with Crippen molar-refractivity contribution in [3.05, 3.63) is 22.7 Å². The van der Waals surface area contributed by atoms with E-state index in [4.69, 9.17) is 0 Å². The molecule has 1 rings (SSSR count). The minimum atomic E-state index is -1.32. The fourth-order valence-corrected chi connectivity index (χ4v) is 1.16. The van der Waals surface area contributed by atoms with Crippen LogP contribution < -0.4 is 0 Å². The first kappa shape index (κ1) is 7.48. The minimum Gasteiger partial charge on any atom is -0.226 e. The van der Waals surface area contributed by atoms with Gasteiger partial charge in [0.15, 0.2) is 4.58 Å². The highest BCUT2D eigenvalue weighted by atomic mass is 79.9. The third-order valence-electron chi connectivity index (χ3n) is 1.06. The van der Waals surface area contributed by atoms with Crippen LogP contribution in [0, 0.1) is 0 Å². The zero-order chi connectivity index (χ0) is 6.91. The van der Waals surface area contributed by atoms with Gasteiger partial charge >= 0.3 is 0 Å². The SMILES string of the molecule is FC1(Br)C=CC(Br)=CC1. The van der Waals surface area contributed by atoms with Crippen LogP contribution in [0.3, 0.4) is 0 Å². The van der Waals surface area contributed by atoms with Crippen molar-refractivity contribution in [2.24, 2.45) is 0 Å². The molecule has 0 radical (unpaired) electrons. The number of allylic oxidation sites excluding steroid dienone is 4. The van der Waals surface area contributed by atoms with Crippen LogP contribution in [0.4, 0.5) is 4.39 Å². The first-order valence-electron chi connectivity index (χ1n) is 2.53. The van der Waals surface area contributed by atoms with Gasteiger partial charge in [-0.2, -0.15) is 0 Å². The Balaban J connectivity index is 2.70. The maximum atomic E-state index is 12.8. The molecule has 1 aliphatic rings. The van der Waals surface area contributed by atoms with E-state index < -0.39 is 4.58 Å². The minimum absolute atomic E-state index is 0.393. The molecule has 0 fully saturated rings. The summed E-state index contributed by atoms with van der Waals surface area (Å²) in [5.74, 6) is 0. The highest BCUT2D eigenvalue weighted by molar-refractivity contribution is 9.12. The molecule has 0 aromatic carbocycles. The van der Waals surface area contributed by atoms with E-state index in [0.29, 0.717) is 6.42 Å². The van der Waals surface area contributed by atoms with Crippen molar-refractivity contribution in [3.8, 4) is 0 Å². The zero-order valence-electron chi connectivity index (χ0n) is 4.57. The van der Waals surface area contributed by atoms with Crippen LogP contribution in [0.15, 0.2) is 22.7 Å². The van der Waals surface area contributed by atoms with Gasteiger partial charge in [0.2, 0.25) is 0 Å². The topological polar surface area (TPSA) is 0 Å². The largest absolute Gasteiger partial charge is 0.226 e. The maximum Gasteiger partial charge on any atom is 0.187 e. The van der Waals surface area contributed by atoms with Gasteiger partial charge in [-0.05, 0) is 28.1 Å². The number of rotatable bonds is 0. The van der Waals surface area contributed by atoms with Crippen LogP contribution >= 0.6 is 31.9 Å². The van der Waals surface area contributed by atoms with Crippen LogP contribution in [-0.2, 0) is 0 Å². The van der Waals surface area contributed by atoms with Gasteiger partial charge in [-0.25, -0.2) is 4.39 Å². The second-order valence-corrected chi connectivity index (χ2v) is 4.12. The van der Waals surface area contributed by atoms with Crippen LogP contribution in [0.1, 0.15) is 6.42 Å². The summed E-state index contributed by atoms with van der Waals surface area (Å²) < 4.78 is 12.4. The Labute approximate surface area is 70.1 Å². The summed E-state index contributed by atoms with van der Waals surface area (Å²) in [6, 6.07) is 0. The van der Waals surface area contributed by atoms with Gasteiger partial charge in [0.25, 0.3) is 0 Å². The van der Waals surface area contributed by atoms with Crippen molar-refractivity contribution < 1.29 is 4.39 Å². The van der Waals surface area contributed by atoms with Crippen molar-refractivity contribution in [1.82, 2.24) is 0 Å². The molecule has 1 atom stereocenters. The predicted octanol–water partition coefficient (Wildman–Crippen LogP) is 3.29. The second kappa shape index (κ2) is 2.54. The van der Waals surface area contributed by atoms with Gasteiger partial charge in [0, 0.05) is 10.9 Å². The van der Waals surface area contributed by atoms with Gasteiger partial charge in [0.05, 0.1) is 0 Å². The van der Waals surface area contributed by atoms with Crippen LogP contribution in [0.25, 0.3) is 0 Å². The Morgan fingerprint density at radius 2 is 2.33 bits per heavy atom. The van der Waals surface area contributed by atoms with Crippen LogP contribution in [0.2, 0.25) is 0 Å². The molecule has 0 bridgehead atoms. The molecule has 3 heteroatoms. The van der Waals surface area contributed by atoms with E-state index in [1.165, 1.54) is 6.08 Å². The Bertz CT molecular complexity index is 170. The lowest BCUT2D eigenvalue weighted by Crippen LogP contribution is -2.09. The number of hydrogen-bond donors (Lipinski definition) is 0. The van der Waals surface area contributed by atoms with Crippen LogP contribution in [0.5, 0.6) is 0 Å². The molecule has 9 heavy (non-hydrogen) atoms. The molecule has 50 valence electrons. The van der Waals surface area contributed by atoms with Crippen molar-refractivity contribution in [3.63, 3.8) is 0 Å². The van der Waals surface area contributed by atoms with Gasteiger partial charge in [0.1, 0.15) is 0 Å². The standard InChI is InChI=1S/C6H5Br2F/c7-5-1-3-6(8,9)4-2-5/h1-3H,4H2. The summed E-state index contributed by atoms with van der Waals surface area (Å²) in [7, 11) is 0. The Morgan fingerprint density at radius 1 is 1.67 bits per heavy atom. The molecule has 0 spiro atoms. The van der Waals surface area contributed by atoms with E-state index in [9.17, 15) is 4.39 Å². The lowest BCUT2D eigenvalue weighted by atomic mass is 10.2. The van der Waals surface area contributed by atoms with E-state index in [1.54, 1.807) is 12.2 Å². The van der Waals surface area contributed by atoms with E-state index in [0.717, 1.165) is 4.48 Å². The van der Waals surface area contributed by atoms with E-state index in [1.807, 2.05) is 0 Å². The molecule has 0 heterocycles. The number of halogens is 3. The van der Waals surface area contributed by atoms with Crippen LogP contribution in [-0.4, -0.2) is 4.58 Å². The molecule has 0 saturated carbocycles. The fraction of sp³-hybridized carbons (Fsp3) is 0.333. The molecule has 0 saturated heterocycles. The van der Waals surface area contributed by atoms with Gasteiger partial charge in [-0.15, -0.1) is 0 Å². The second-order valence-electron chi connectivity index (χ2n) is 1.89. The molecule has 0 nitrogen and oxygen atoms in total. The van der Waals surface area contributed by atoms with E-state index in [2.05, 4.69) is 31.9 Å². The Kier molecular flexibility index (Phi) is 2.11. The predicted molar refractivity (Wildman–Crippen MR) is 43.5 cm³/mol. The molecule has 0 amide bonds. The van der Waals surface area contributed by atoms with Crippen molar-refractivity contribution in [2.45, 2.75) is 11.0 Å². The monoisotopic (exact) mass is 254 g/mol. The van der Waals surface area contributed by atoms with Gasteiger partial charge in [-0.3, -0.25) is 0 Å².